The van der Waals surface area contributed by atoms with Gasteiger partial charge >= 0.3 is 0 Å². The lowest BCUT2D eigenvalue weighted by Crippen LogP contribution is -2.33. The molecule has 0 aliphatic carbocycles. The van der Waals surface area contributed by atoms with Gasteiger partial charge in [-0.25, -0.2) is 0 Å². The molecule has 1 N–H and O–H groups in total. The van der Waals surface area contributed by atoms with Crippen LogP contribution in [0.4, 0.5) is 5.88 Å². The lowest BCUT2D eigenvalue weighted by Gasteiger charge is -2.29. The maximum atomic E-state index is 13.4. The number of nitriles is 1. The number of amides is 1. The summed E-state index contributed by atoms with van der Waals surface area (Å²) >= 11 is 0. The molecule has 0 fully saturated rings. The molecule has 0 saturated heterocycles. The molecule has 0 saturated carbocycles. The van der Waals surface area contributed by atoms with Gasteiger partial charge in [0.1, 0.15) is 17.4 Å². The van der Waals surface area contributed by atoms with E-state index in [0.717, 1.165) is 41.7 Å². The van der Waals surface area contributed by atoms with Crippen molar-refractivity contribution in [3.63, 3.8) is 0 Å². The Morgan fingerprint density at radius 3 is 2.77 bits per heavy atom. The summed E-state index contributed by atoms with van der Waals surface area (Å²) in [6.45, 7) is 7.48. The first-order valence-corrected chi connectivity index (χ1v) is 9.93. The number of benzene rings is 1. The first-order valence-electron chi connectivity index (χ1n) is 9.93. The van der Waals surface area contributed by atoms with Crippen LogP contribution < -0.4 is 5.32 Å². The van der Waals surface area contributed by atoms with Gasteiger partial charge in [-0.3, -0.25) is 24.8 Å². The predicted molar refractivity (Wildman–Crippen MR) is 113 cm³/mol. The Morgan fingerprint density at radius 1 is 1.30 bits per heavy atom. The summed E-state index contributed by atoms with van der Waals surface area (Å²) in [6.07, 6.45) is 0.770. The van der Waals surface area contributed by atoms with Crippen molar-refractivity contribution in [1.29, 1.82) is 5.26 Å². The number of nitrogens with one attached hydrogen (secondary N) is 1. The number of nitrogens with zero attached hydrogens (tertiary/aromatic N) is 3. The third-order valence-corrected chi connectivity index (χ3v) is 5.57. The Kier molecular flexibility index (Phi) is 5.10. The van der Waals surface area contributed by atoms with Crippen LogP contribution in [-0.2, 0) is 13.0 Å². The molecule has 1 aromatic carbocycles. The van der Waals surface area contributed by atoms with E-state index in [1.54, 1.807) is 6.92 Å². The van der Waals surface area contributed by atoms with Crippen molar-refractivity contribution in [2.24, 2.45) is 0 Å². The lowest BCUT2D eigenvalue weighted by molar-refractivity contribution is 0.101. The molecule has 1 amide bonds. The molecular weight excluding hydrogens is 380 g/mol. The minimum atomic E-state index is -0.372. The summed E-state index contributed by atoms with van der Waals surface area (Å²) in [6, 6.07) is 9.53. The minimum Gasteiger partial charge on any atom is -0.443 e. The number of aromatic nitrogens is 1. The van der Waals surface area contributed by atoms with Gasteiger partial charge in [0.05, 0.1) is 16.6 Å². The quantitative estimate of drug-likeness (QED) is 0.666. The molecule has 30 heavy (non-hydrogen) atoms. The van der Waals surface area contributed by atoms with Gasteiger partial charge in [-0.1, -0.05) is 25.1 Å². The highest BCUT2D eigenvalue weighted by molar-refractivity contribution is 6.14. The summed E-state index contributed by atoms with van der Waals surface area (Å²) < 4.78 is 5.59. The maximum Gasteiger partial charge on any atom is 0.259 e. The van der Waals surface area contributed by atoms with Crippen molar-refractivity contribution in [1.82, 2.24) is 9.88 Å². The fraction of sp³-hybridized carbons (Fsp3) is 0.304. The normalized spacial score (nSPS) is 13.7. The van der Waals surface area contributed by atoms with Gasteiger partial charge in [0, 0.05) is 36.2 Å². The van der Waals surface area contributed by atoms with E-state index in [2.05, 4.69) is 17.1 Å². The van der Waals surface area contributed by atoms with Crippen LogP contribution in [0.15, 0.2) is 28.7 Å². The highest BCUT2D eigenvalue weighted by Crippen LogP contribution is 2.31. The molecule has 3 aromatic rings. The van der Waals surface area contributed by atoms with Gasteiger partial charge in [-0.05, 0) is 26.5 Å². The van der Waals surface area contributed by atoms with Gasteiger partial charge in [0.15, 0.2) is 5.78 Å². The third kappa shape index (κ3) is 3.25. The number of anilines is 1. The summed E-state index contributed by atoms with van der Waals surface area (Å²) in [7, 11) is 0. The Hall–Kier alpha value is -3.50. The number of hydrogen-bond acceptors (Lipinski definition) is 6. The monoisotopic (exact) mass is 402 g/mol. The molecule has 0 unspecified atom stereocenters. The average molecular weight is 402 g/mol. The number of rotatable bonds is 4. The predicted octanol–water partition coefficient (Wildman–Crippen LogP) is 3.84. The topological polar surface area (TPSA) is 99.2 Å². The summed E-state index contributed by atoms with van der Waals surface area (Å²) in [5.74, 6) is -0.335. The largest absolute Gasteiger partial charge is 0.443 e. The average Bonchev–Trinajstić information content (AvgIpc) is 3.06. The zero-order valence-electron chi connectivity index (χ0n) is 17.2. The van der Waals surface area contributed by atoms with E-state index >= 15 is 0 Å². The zero-order valence-corrected chi connectivity index (χ0v) is 17.2. The number of carbonyl (C=O) groups is 2. The molecule has 2 aromatic heterocycles. The van der Waals surface area contributed by atoms with Crippen molar-refractivity contribution >= 4 is 28.5 Å². The highest BCUT2D eigenvalue weighted by Gasteiger charge is 2.28. The molecule has 0 spiro atoms. The second-order valence-corrected chi connectivity index (χ2v) is 7.41. The number of pyridine rings is 1. The number of aryl methyl sites for hydroxylation is 1. The maximum absolute atomic E-state index is 13.4. The number of Topliss-reactive ketones (excluding diaryl/α,β-unsaturated/α-hetero) is 1. The van der Waals surface area contributed by atoms with E-state index in [4.69, 9.17) is 9.40 Å². The van der Waals surface area contributed by atoms with Gasteiger partial charge in [0.25, 0.3) is 5.91 Å². The highest BCUT2D eigenvalue weighted by atomic mass is 16.4. The number of ketones is 1. The molecule has 7 heteroatoms. The number of para-hydroxylation sites is 1. The molecule has 4 rings (SSSR count). The number of likely N-dealkylation sites (N-methyl/N-ethyl adjacent to an activating group) is 1. The Morgan fingerprint density at radius 2 is 2.07 bits per heavy atom. The van der Waals surface area contributed by atoms with Crippen molar-refractivity contribution < 1.29 is 14.0 Å². The van der Waals surface area contributed by atoms with Crippen LogP contribution in [0.3, 0.4) is 0 Å². The van der Waals surface area contributed by atoms with E-state index < -0.39 is 0 Å². The van der Waals surface area contributed by atoms with Crippen molar-refractivity contribution in [2.45, 2.75) is 33.7 Å². The van der Waals surface area contributed by atoms with E-state index in [1.165, 1.54) is 6.92 Å². The fourth-order valence-corrected chi connectivity index (χ4v) is 4.10. The smallest absolute Gasteiger partial charge is 0.259 e. The van der Waals surface area contributed by atoms with Crippen LogP contribution >= 0.6 is 0 Å². The second-order valence-electron chi connectivity index (χ2n) is 7.41. The second kappa shape index (κ2) is 7.73. The molecular formula is C23H22N4O3. The standard InChI is InChI=1S/C23H22N4O3/c1-4-27-10-9-19-17(12-27)21(15-7-5-6-8-18(15)25-19)22(29)26-23-16(11-24)20(13(2)28)14(3)30-23/h5-8H,4,9-10,12H2,1-3H3,(H,26,29). The van der Waals surface area contributed by atoms with E-state index in [-0.39, 0.29) is 28.7 Å². The number of furan rings is 1. The molecule has 152 valence electrons. The van der Waals surface area contributed by atoms with Crippen LogP contribution in [0.1, 0.15) is 57.1 Å². The number of hydrogen-bond donors (Lipinski definition) is 1. The van der Waals surface area contributed by atoms with Crippen molar-refractivity contribution in [3.05, 3.63) is 58.0 Å². The summed E-state index contributed by atoms with van der Waals surface area (Å²) in [5.41, 5.74) is 3.36. The Balaban J connectivity index is 1.84. The van der Waals surface area contributed by atoms with Crippen molar-refractivity contribution in [3.8, 4) is 6.07 Å². The Labute approximate surface area is 174 Å². The van der Waals surface area contributed by atoms with Gasteiger partial charge in [-0.2, -0.15) is 5.26 Å². The van der Waals surface area contributed by atoms with Crippen LogP contribution in [0, 0.1) is 18.3 Å². The van der Waals surface area contributed by atoms with Crippen molar-refractivity contribution in [2.75, 3.05) is 18.4 Å². The SMILES string of the molecule is CCN1CCc2nc3ccccc3c(C(=O)Nc3oc(C)c(C(C)=O)c3C#N)c2C1. The van der Waals surface area contributed by atoms with E-state index in [1.807, 2.05) is 30.3 Å². The number of fused-ring (bicyclic) bond motifs is 2. The molecule has 1 aliphatic rings. The summed E-state index contributed by atoms with van der Waals surface area (Å²) in [4.78, 5) is 32.4. The van der Waals surface area contributed by atoms with Crippen LogP contribution in [0.25, 0.3) is 10.9 Å². The summed E-state index contributed by atoms with van der Waals surface area (Å²) in [5, 5.41) is 13.0. The lowest BCUT2D eigenvalue weighted by atomic mass is 9.95. The van der Waals surface area contributed by atoms with E-state index in [9.17, 15) is 14.9 Å². The van der Waals surface area contributed by atoms with Crippen LogP contribution in [0.2, 0.25) is 0 Å². The third-order valence-electron chi connectivity index (χ3n) is 5.57. The number of carbonyl (C=O) groups excluding carboxylic acids is 2. The zero-order chi connectivity index (χ0) is 21.4. The molecule has 0 radical (unpaired) electrons. The van der Waals surface area contributed by atoms with Crippen LogP contribution in [0.5, 0.6) is 0 Å². The molecule has 0 bridgehead atoms. The van der Waals surface area contributed by atoms with Crippen LogP contribution in [-0.4, -0.2) is 34.7 Å². The van der Waals surface area contributed by atoms with E-state index in [0.29, 0.717) is 17.9 Å². The minimum absolute atomic E-state index is 0.00278. The van der Waals surface area contributed by atoms with Gasteiger partial charge < -0.3 is 4.42 Å². The van der Waals surface area contributed by atoms with Gasteiger partial charge in [0.2, 0.25) is 5.88 Å². The molecule has 0 atom stereocenters. The first-order chi connectivity index (χ1) is 14.4. The first kappa shape index (κ1) is 19.8. The Bertz CT molecular complexity index is 1220. The molecule has 1 aliphatic heterocycles. The molecule has 3 heterocycles. The fourth-order valence-electron chi connectivity index (χ4n) is 4.10. The molecule has 7 nitrogen and oxygen atoms in total. The van der Waals surface area contributed by atoms with Gasteiger partial charge in [-0.15, -0.1) is 0 Å².